The number of carboxylic acid groups (broad SMARTS) is 1. The number of nitrogens with one attached hydrogen (secondary N) is 1. The fourth-order valence-electron chi connectivity index (χ4n) is 2.09. The Labute approximate surface area is 108 Å². The monoisotopic (exact) mass is 278 g/mol. The van der Waals surface area contributed by atoms with Crippen molar-refractivity contribution in [3.05, 3.63) is 0 Å². The molecule has 7 heteroatoms. The molecule has 0 aromatic rings. The van der Waals surface area contributed by atoms with Crippen molar-refractivity contribution in [3.63, 3.8) is 0 Å². The third-order valence-corrected chi connectivity index (χ3v) is 5.57. The third-order valence-electron chi connectivity index (χ3n) is 3.34. The minimum atomic E-state index is -3.76. The minimum absolute atomic E-state index is 0.134. The molecule has 18 heavy (non-hydrogen) atoms. The molecule has 0 radical (unpaired) electrons. The molecule has 0 aromatic heterocycles. The molecule has 0 spiro atoms. The van der Waals surface area contributed by atoms with Gasteiger partial charge in [0.2, 0.25) is 10.0 Å². The molecule has 106 valence electrons. The lowest BCUT2D eigenvalue weighted by molar-refractivity contribution is -0.136. The molecule has 1 saturated heterocycles. The highest BCUT2D eigenvalue weighted by Crippen LogP contribution is 2.14. The number of rotatable bonds is 6. The number of carboxylic acids is 1. The highest BCUT2D eigenvalue weighted by atomic mass is 32.2. The number of aliphatic carboxylic acids is 1. The van der Waals surface area contributed by atoms with Gasteiger partial charge in [0.1, 0.15) is 0 Å². The van der Waals surface area contributed by atoms with Gasteiger partial charge in [0.05, 0.1) is 0 Å². The summed E-state index contributed by atoms with van der Waals surface area (Å²) in [5, 5.41) is 10.7. The quantitative estimate of drug-likeness (QED) is 0.727. The van der Waals surface area contributed by atoms with Crippen molar-refractivity contribution in [2.75, 3.05) is 19.6 Å². The van der Waals surface area contributed by atoms with Gasteiger partial charge in [0, 0.05) is 19.1 Å². The molecule has 6 nitrogen and oxygen atoms in total. The Morgan fingerprint density at radius 1 is 1.50 bits per heavy atom. The van der Waals surface area contributed by atoms with Gasteiger partial charge in [-0.15, -0.1) is 0 Å². The maximum absolute atomic E-state index is 12.1. The van der Waals surface area contributed by atoms with Gasteiger partial charge in [-0.05, 0) is 26.3 Å². The maximum atomic E-state index is 12.1. The highest BCUT2D eigenvalue weighted by molar-refractivity contribution is 7.90. The summed E-state index contributed by atoms with van der Waals surface area (Å²) in [6.45, 7) is 4.51. The Hall–Kier alpha value is -0.660. The van der Waals surface area contributed by atoms with Gasteiger partial charge in [0.15, 0.2) is 5.25 Å². The van der Waals surface area contributed by atoms with Gasteiger partial charge in [-0.1, -0.05) is 13.3 Å². The lowest BCUT2D eigenvalue weighted by Crippen LogP contribution is -2.49. The smallest absolute Gasteiger partial charge is 0.323 e. The first-order chi connectivity index (χ1) is 8.39. The van der Waals surface area contributed by atoms with E-state index in [1.807, 2.05) is 0 Å². The van der Waals surface area contributed by atoms with Crippen LogP contribution in [-0.4, -0.2) is 54.7 Å². The Morgan fingerprint density at radius 3 is 2.61 bits per heavy atom. The van der Waals surface area contributed by atoms with Crippen LogP contribution in [0.25, 0.3) is 0 Å². The number of hydrogen-bond acceptors (Lipinski definition) is 4. The van der Waals surface area contributed by atoms with Gasteiger partial charge >= 0.3 is 5.97 Å². The van der Waals surface area contributed by atoms with E-state index in [4.69, 9.17) is 5.11 Å². The van der Waals surface area contributed by atoms with E-state index in [2.05, 4.69) is 5.32 Å². The van der Waals surface area contributed by atoms with Crippen LogP contribution in [0.2, 0.25) is 0 Å². The van der Waals surface area contributed by atoms with Crippen LogP contribution in [0, 0.1) is 0 Å². The number of piperidine rings is 1. The summed E-state index contributed by atoms with van der Waals surface area (Å²) in [6, 6.07) is 0.134. The predicted molar refractivity (Wildman–Crippen MR) is 68.9 cm³/mol. The molecule has 1 aliphatic heterocycles. The van der Waals surface area contributed by atoms with Gasteiger partial charge in [-0.3, -0.25) is 4.79 Å². The summed E-state index contributed by atoms with van der Waals surface area (Å²) in [7, 11) is -3.76. The minimum Gasteiger partial charge on any atom is -0.480 e. The molecule has 0 saturated carbocycles. The Kier molecular flexibility index (Phi) is 5.55. The second-order valence-corrected chi connectivity index (χ2v) is 6.88. The average Bonchev–Trinajstić information content (AvgIpc) is 2.35. The number of carbonyl (C=O) groups is 1. The zero-order valence-corrected chi connectivity index (χ0v) is 11.7. The van der Waals surface area contributed by atoms with Crippen LogP contribution >= 0.6 is 0 Å². The molecular formula is C11H22N2O4S. The summed E-state index contributed by atoms with van der Waals surface area (Å²) in [5.41, 5.74) is 0. The Balaban J connectivity index is 2.72. The van der Waals surface area contributed by atoms with Gasteiger partial charge < -0.3 is 10.4 Å². The van der Waals surface area contributed by atoms with Crippen molar-refractivity contribution in [3.8, 4) is 0 Å². The van der Waals surface area contributed by atoms with Crippen LogP contribution in [0.4, 0.5) is 0 Å². The molecule has 1 heterocycles. The van der Waals surface area contributed by atoms with Crippen LogP contribution in [0.3, 0.4) is 0 Å². The van der Waals surface area contributed by atoms with Crippen molar-refractivity contribution in [2.45, 2.75) is 44.4 Å². The van der Waals surface area contributed by atoms with E-state index in [0.717, 1.165) is 25.8 Å². The second-order valence-electron chi connectivity index (χ2n) is 4.62. The Morgan fingerprint density at radius 2 is 2.17 bits per heavy atom. The molecule has 2 atom stereocenters. The standard InChI is InChI=1S/C11H22N2O4S/c1-3-13(8-10-6-4-5-7-12-10)18(16,17)9(2)11(14)15/h9-10,12H,3-8H2,1-2H3,(H,14,15). The molecule has 1 fully saturated rings. The summed E-state index contributed by atoms with van der Waals surface area (Å²) in [4.78, 5) is 10.8. The van der Waals surface area contributed by atoms with Gasteiger partial charge in [0.25, 0.3) is 0 Å². The molecule has 1 rings (SSSR count). The van der Waals surface area contributed by atoms with Crippen LogP contribution in [0.5, 0.6) is 0 Å². The van der Waals surface area contributed by atoms with Crippen molar-refractivity contribution < 1.29 is 18.3 Å². The van der Waals surface area contributed by atoms with Gasteiger partial charge in [-0.25, -0.2) is 8.42 Å². The molecular weight excluding hydrogens is 256 g/mol. The molecule has 0 bridgehead atoms. The zero-order chi connectivity index (χ0) is 13.8. The molecule has 0 aromatic carbocycles. The summed E-state index contributed by atoms with van der Waals surface area (Å²) in [6.07, 6.45) is 3.14. The summed E-state index contributed by atoms with van der Waals surface area (Å²) in [5.74, 6) is -1.30. The molecule has 2 unspecified atom stereocenters. The van der Waals surface area contributed by atoms with Crippen molar-refractivity contribution in [1.82, 2.24) is 9.62 Å². The highest BCUT2D eigenvalue weighted by Gasteiger charge is 2.34. The van der Waals surface area contributed by atoms with E-state index in [1.54, 1.807) is 6.92 Å². The van der Waals surface area contributed by atoms with E-state index in [0.29, 0.717) is 13.1 Å². The Bertz CT molecular complexity index is 377. The fraction of sp³-hybridized carbons (Fsp3) is 0.909. The summed E-state index contributed by atoms with van der Waals surface area (Å²) < 4.78 is 25.5. The SMILES string of the molecule is CCN(CC1CCCCN1)S(=O)(=O)C(C)C(=O)O. The predicted octanol–water partition coefficient (Wildman–Crippen LogP) is 0.253. The van der Waals surface area contributed by atoms with E-state index in [1.165, 1.54) is 11.2 Å². The van der Waals surface area contributed by atoms with E-state index < -0.39 is 21.2 Å². The first-order valence-electron chi connectivity index (χ1n) is 6.34. The van der Waals surface area contributed by atoms with Crippen LogP contribution in [0.1, 0.15) is 33.1 Å². The first kappa shape index (κ1) is 15.4. The molecule has 1 aliphatic rings. The molecule has 0 amide bonds. The third kappa shape index (κ3) is 3.66. The molecule has 2 N–H and O–H groups in total. The lowest BCUT2D eigenvalue weighted by Gasteiger charge is -2.30. The van der Waals surface area contributed by atoms with E-state index in [-0.39, 0.29) is 6.04 Å². The fourth-order valence-corrected chi connectivity index (χ4v) is 3.54. The largest absolute Gasteiger partial charge is 0.480 e. The number of nitrogens with zero attached hydrogens (tertiary/aromatic N) is 1. The summed E-state index contributed by atoms with van der Waals surface area (Å²) >= 11 is 0. The topological polar surface area (TPSA) is 86.7 Å². The van der Waals surface area contributed by atoms with Crippen LogP contribution in [-0.2, 0) is 14.8 Å². The van der Waals surface area contributed by atoms with Crippen molar-refractivity contribution in [1.29, 1.82) is 0 Å². The zero-order valence-electron chi connectivity index (χ0n) is 10.9. The normalized spacial score (nSPS) is 22.9. The molecule has 0 aliphatic carbocycles. The van der Waals surface area contributed by atoms with Crippen molar-refractivity contribution >= 4 is 16.0 Å². The van der Waals surface area contributed by atoms with Crippen LogP contribution < -0.4 is 5.32 Å². The lowest BCUT2D eigenvalue weighted by atomic mass is 10.1. The first-order valence-corrected chi connectivity index (χ1v) is 7.85. The van der Waals surface area contributed by atoms with Crippen molar-refractivity contribution in [2.24, 2.45) is 0 Å². The van der Waals surface area contributed by atoms with Crippen LogP contribution in [0.15, 0.2) is 0 Å². The number of likely N-dealkylation sites (N-methyl/N-ethyl adjacent to an activating group) is 1. The number of hydrogen-bond donors (Lipinski definition) is 2. The maximum Gasteiger partial charge on any atom is 0.323 e. The average molecular weight is 278 g/mol. The number of sulfonamides is 1. The van der Waals surface area contributed by atoms with E-state index in [9.17, 15) is 13.2 Å². The second kappa shape index (κ2) is 6.49. The van der Waals surface area contributed by atoms with E-state index >= 15 is 0 Å². The van der Waals surface area contributed by atoms with Gasteiger partial charge in [-0.2, -0.15) is 4.31 Å².